The molecule has 0 saturated carbocycles. The van der Waals surface area contributed by atoms with Crippen molar-refractivity contribution < 1.29 is 4.79 Å². The van der Waals surface area contributed by atoms with Gasteiger partial charge in [-0.1, -0.05) is 36.0 Å². The lowest BCUT2D eigenvalue weighted by Gasteiger charge is -2.22. The number of nitrogens with zero attached hydrogens (tertiary/aromatic N) is 4. The van der Waals surface area contributed by atoms with Gasteiger partial charge in [0.15, 0.2) is 11.0 Å². The summed E-state index contributed by atoms with van der Waals surface area (Å²) in [6.45, 7) is 9.44. The van der Waals surface area contributed by atoms with Gasteiger partial charge >= 0.3 is 0 Å². The second kappa shape index (κ2) is 7.64. The number of hydrogen-bond acceptors (Lipinski definition) is 4. The summed E-state index contributed by atoms with van der Waals surface area (Å²) in [4.78, 5) is 14.2. The van der Waals surface area contributed by atoms with Gasteiger partial charge in [0.1, 0.15) is 0 Å². The fraction of sp³-hybridized carbons (Fsp3) is 0.471. The molecule has 1 heterocycles. The van der Waals surface area contributed by atoms with Gasteiger partial charge in [-0.15, -0.1) is 10.2 Å². The van der Waals surface area contributed by atoms with Gasteiger partial charge in [-0.05, 0) is 33.3 Å². The van der Waals surface area contributed by atoms with Crippen molar-refractivity contribution in [1.82, 2.24) is 19.7 Å². The quantitative estimate of drug-likeness (QED) is 0.763. The first kappa shape index (κ1) is 17.5. The van der Waals surface area contributed by atoms with Crippen LogP contribution in [0.2, 0.25) is 0 Å². The predicted molar refractivity (Wildman–Crippen MR) is 94.4 cm³/mol. The Balaban J connectivity index is 2.20. The number of amides is 1. The van der Waals surface area contributed by atoms with Crippen LogP contribution in [0.3, 0.4) is 0 Å². The van der Waals surface area contributed by atoms with Gasteiger partial charge in [0.2, 0.25) is 5.91 Å². The summed E-state index contributed by atoms with van der Waals surface area (Å²) in [5, 5.41) is 9.17. The molecular weight excluding hydrogens is 308 g/mol. The third-order valence-corrected chi connectivity index (χ3v) is 5.05. The van der Waals surface area contributed by atoms with Crippen LogP contribution in [0.25, 0.3) is 11.4 Å². The molecule has 0 fully saturated rings. The maximum absolute atomic E-state index is 12.4. The Labute approximate surface area is 142 Å². The molecule has 0 radical (unpaired) electrons. The van der Waals surface area contributed by atoms with Crippen LogP contribution in [0.1, 0.15) is 26.3 Å². The summed E-state index contributed by atoms with van der Waals surface area (Å²) >= 11 is 1.46. The molecule has 5 nitrogen and oxygen atoms in total. The number of carbonyl (C=O) groups is 1. The minimum atomic E-state index is -0.178. The Morgan fingerprint density at radius 3 is 2.52 bits per heavy atom. The van der Waals surface area contributed by atoms with E-state index in [0.717, 1.165) is 35.2 Å². The van der Waals surface area contributed by atoms with Crippen molar-refractivity contribution in [1.29, 1.82) is 0 Å². The van der Waals surface area contributed by atoms with Crippen molar-refractivity contribution in [3.8, 4) is 11.4 Å². The van der Waals surface area contributed by atoms with Crippen LogP contribution in [-0.4, -0.2) is 43.9 Å². The van der Waals surface area contributed by atoms with Gasteiger partial charge in [0.05, 0.1) is 5.25 Å². The number of benzene rings is 1. The molecule has 1 amide bonds. The zero-order valence-electron chi connectivity index (χ0n) is 14.4. The smallest absolute Gasteiger partial charge is 0.235 e. The molecule has 0 aliphatic carbocycles. The first-order valence-corrected chi connectivity index (χ1v) is 8.78. The summed E-state index contributed by atoms with van der Waals surface area (Å²) in [7, 11) is 1.94. The lowest BCUT2D eigenvalue weighted by Crippen LogP contribution is -2.36. The molecule has 1 atom stereocenters. The Bertz CT molecular complexity index is 679. The van der Waals surface area contributed by atoms with E-state index >= 15 is 0 Å². The lowest BCUT2D eigenvalue weighted by molar-refractivity contribution is -0.129. The second-order valence-corrected chi connectivity index (χ2v) is 6.76. The second-order valence-electron chi connectivity index (χ2n) is 5.45. The highest BCUT2D eigenvalue weighted by Gasteiger charge is 2.22. The number of rotatable bonds is 6. The van der Waals surface area contributed by atoms with Crippen LogP contribution in [0.5, 0.6) is 0 Å². The van der Waals surface area contributed by atoms with E-state index in [2.05, 4.69) is 23.2 Å². The molecule has 1 aromatic heterocycles. The van der Waals surface area contributed by atoms with Crippen LogP contribution < -0.4 is 0 Å². The van der Waals surface area contributed by atoms with Gasteiger partial charge in [-0.3, -0.25) is 4.79 Å². The highest BCUT2D eigenvalue weighted by atomic mass is 32.2. The molecule has 0 saturated heterocycles. The average Bonchev–Trinajstić information content (AvgIpc) is 2.90. The fourth-order valence-electron chi connectivity index (χ4n) is 2.48. The summed E-state index contributed by atoms with van der Waals surface area (Å²) in [5.41, 5.74) is 2.23. The maximum Gasteiger partial charge on any atom is 0.235 e. The normalized spacial score (nSPS) is 12.2. The number of carbonyl (C=O) groups excluding carboxylic acids is 1. The van der Waals surface area contributed by atoms with Gasteiger partial charge in [0.25, 0.3) is 0 Å². The van der Waals surface area contributed by atoms with Crippen molar-refractivity contribution >= 4 is 17.7 Å². The van der Waals surface area contributed by atoms with Crippen molar-refractivity contribution in [3.63, 3.8) is 0 Å². The lowest BCUT2D eigenvalue weighted by atomic mass is 10.1. The maximum atomic E-state index is 12.4. The zero-order chi connectivity index (χ0) is 17.0. The van der Waals surface area contributed by atoms with Crippen LogP contribution in [0.15, 0.2) is 29.4 Å². The molecule has 2 rings (SSSR count). The molecular formula is C17H24N4OS. The highest BCUT2D eigenvalue weighted by Crippen LogP contribution is 2.27. The largest absolute Gasteiger partial charge is 0.342 e. The first-order valence-electron chi connectivity index (χ1n) is 7.90. The Kier molecular flexibility index (Phi) is 5.82. The van der Waals surface area contributed by atoms with E-state index in [9.17, 15) is 4.79 Å². The number of hydrogen-bond donors (Lipinski definition) is 0. The van der Waals surface area contributed by atoms with E-state index in [-0.39, 0.29) is 11.2 Å². The Morgan fingerprint density at radius 1 is 1.26 bits per heavy atom. The molecule has 2 aromatic rings. The third-order valence-electron chi connectivity index (χ3n) is 3.93. The average molecular weight is 332 g/mol. The number of aromatic nitrogens is 3. The van der Waals surface area contributed by atoms with E-state index in [4.69, 9.17) is 0 Å². The van der Waals surface area contributed by atoms with Crippen molar-refractivity contribution in [3.05, 3.63) is 29.8 Å². The molecule has 6 heteroatoms. The zero-order valence-corrected chi connectivity index (χ0v) is 15.2. The van der Waals surface area contributed by atoms with E-state index in [1.807, 2.05) is 55.5 Å². The minimum absolute atomic E-state index is 0.139. The molecule has 124 valence electrons. The summed E-state index contributed by atoms with van der Waals surface area (Å²) in [6, 6.07) is 8.10. The van der Waals surface area contributed by atoms with Crippen LogP contribution >= 0.6 is 11.8 Å². The molecule has 23 heavy (non-hydrogen) atoms. The molecule has 1 unspecified atom stereocenters. The van der Waals surface area contributed by atoms with Crippen molar-refractivity contribution in [2.75, 3.05) is 13.1 Å². The minimum Gasteiger partial charge on any atom is -0.342 e. The fourth-order valence-corrected chi connectivity index (χ4v) is 3.38. The Hall–Kier alpha value is -1.82. The topological polar surface area (TPSA) is 51.0 Å². The molecule has 0 aliphatic heterocycles. The standard InChI is InChI=1S/C17H24N4OS/c1-6-21(7-2)16(22)13(4)23-17-19-18-15(20(17)5)14-11-9-8-10-12(14)3/h8-11,13H,6-7H2,1-5H3. The summed E-state index contributed by atoms with van der Waals surface area (Å²) in [6.07, 6.45) is 0. The molecule has 1 aromatic carbocycles. The highest BCUT2D eigenvalue weighted by molar-refractivity contribution is 8.00. The van der Waals surface area contributed by atoms with Crippen LogP contribution in [0, 0.1) is 6.92 Å². The third kappa shape index (κ3) is 3.75. The Morgan fingerprint density at radius 2 is 1.91 bits per heavy atom. The molecule has 0 N–H and O–H groups in total. The SMILES string of the molecule is CCN(CC)C(=O)C(C)Sc1nnc(-c2ccccc2C)n1C. The number of thioether (sulfide) groups is 1. The van der Waals surface area contributed by atoms with E-state index in [1.54, 1.807) is 0 Å². The summed E-state index contributed by atoms with van der Waals surface area (Å²) < 4.78 is 1.96. The van der Waals surface area contributed by atoms with Gasteiger partial charge in [-0.2, -0.15) is 0 Å². The molecule has 0 spiro atoms. The van der Waals surface area contributed by atoms with Crippen molar-refractivity contribution in [2.24, 2.45) is 7.05 Å². The van der Waals surface area contributed by atoms with E-state index in [0.29, 0.717) is 0 Å². The first-order chi connectivity index (χ1) is 11.0. The molecule has 0 aliphatic rings. The predicted octanol–water partition coefficient (Wildman–Crippen LogP) is 3.14. The summed E-state index contributed by atoms with van der Waals surface area (Å²) in [5.74, 6) is 0.966. The monoisotopic (exact) mass is 332 g/mol. The van der Waals surface area contributed by atoms with Gasteiger partial charge < -0.3 is 9.47 Å². The van der Waals surface area contributed by atoms with Crippen molar-refractivity contribution in [2.45, 2.75) is 38.1 Å². The van der Waals surface area contributed by atoms with Gasteiger partial charge in [0, 0.05) is 25.7 Å². The number of aryl methyl sites for hydroxylation is 1. The van der Waals surface area contributed by atoms with E-state index < -0.39 is 0 Å². The van der Waals surface area contributed by atoms with Gasteiger partial charge in [-0.25, -0.2) is 0 Å². The van der Waals surface area contributed by atoms with E-state index in [1.165, 1.54) is 11.8 Å². The van der Waals surface area contributed by atoms with Crippen LogP contribution in [-0.2, 0) is 11.8 Å². The molecule has 0 bridgehead atoms. The van der Waals surface area contributed by atoms with Crippen LogP contribution in [0.4, 0.5) is 0 Å².